The summed E-state index contributed by atoms with van der Waals surface area (Å²) in [6.45, 7) is 0.210. The van der Waals surface area contributed by atoms with Crippen molar-refractivity contribution in [2.24, 2.45) is 5.73 Å². The first-order valence-corrected chi connectivity index (χ1v) is 8.76. The van der Waals surface area contributed by atoms with Crippen molar-refractivity contribution in [3.63, 3.8) is 0 Å². The van der Waals surface area contributed by atoms with Crippen molar-refractivity contribution in [2.75, 3.05) is 12.1 Å². The molecule has 7 heteroatoms. The smallest absolute Gasteiger partial charge is 0.251 e. The van der Waals surface area contributed by atoms with Gasteiger partial charge in [-0.05, 0) is 48.6 Å². The number of aryl methyl sites for hydroxylation is 1. The SMILES string of the molecule is NC(=O)c1c(NC(=O)C=Cc2ccc3c(c2)OCO3)sc2c1CCC2. The van der Waals surface area contributed by atoms with Crippen molar-refractivity contribution in [1.82, 2.24) is 0 Å². The molecule has 2 amide bonds. The summed E-state index contributed by atoms with van der Waals surface area (Å²) in [5, 5.41) is 3.32. The minimum absolute atomic E-state index is 0.210. The van der Waals surface area contributed by atoms with E-state index in [2.05, 4.69) is 5.32 Å². The molecule has 1 aromatic heterocycles. The number of hydrogen-bond acceptors (Lipinski definition) is 5. The summed E-state index contributed by atoms with van der Waals surface area (Å²) in [5.74, 6) is 0.559. The zero-order valence-corrected chi connectivity index (χ0v) is 14.2. The molecule has 2 heterocycles. The highest BCUT2D eigenvalue weighted by Gasteiger charge is 2.25. The molecule has 0 fully saturated rings. The van der Waals surface area contributed by atoms with Gasteiger partial charge >= 0.3 is 0 Å². The third-order valence-corrected chi connectivity index (χ3v) is 5.44. The molecular formula is C18H16N2O4S. The van der Waals surface area contributed by atoms with E-state index in [0.29, 0.717) is 22.1 Å². The zero-order chi connectivity index (χ0) is 17.4. The van der Waals surface area contributed by atoms with Crippen LogP contribution in [0.15, 0.2) is 24.3 Å². The molecule has 4 rings (SSSR count). The molecule has 6 nitrogen and oxygen atoms in total. The van der Waals surface area contributed by atoms with Crippen molar-refractivity contribution in [3.8, 4) is 11.5 Å². The summed E-state index contributed by atoms with van der Waals surface area (Å²) in [4.78, 5) is 25.1. The van der Waals surface area contributed by atoms with Crippen LogP contribution in [0.1, 0.15) is 32.8 Å². The van der Waals surface area contributed by atoms with E-state index in [-0.39, 0.29) is 12.7 Å². The third-order valence-electron chi connectivity index (χ3n) is 4.23. The Labute approximate surface area is 148 Å². The van der Waals surface area contributed by atoms with Crippen LogP contribution in [-0.2, 0) is 17.6 Å². The molecule has 3 N–H and O–H groups in total. The second kappa shape index (κ2) is 6.25. The van der Waals surface area contributed by atoms with Gasteiger partial charge in [-0.1, -0.05) is 6.07 Å². The van der Waals surface area contributed by atoms with E-state index in [1.807, 2.05) is 6.07 Å². The van der Waals surface area contributed by atoms with E-state index >= 15 is 0 Å². The average molecular weight is 356 g/mol. The maximum Gasteiger partial charge on any atom is 0.251 e. The van der Waals surface area contributed by atoms with E-state index in [1.54, 1.807) is 18.2 Å². The number of benzene rings is 1. The van der Waals surface area contributed by atoms with Gasteiger partial charge in [0.1, 0.15) is 5.00 Å². The van der Waals surface area contributed by atoms with Crippen molar-refractivity contribution in [1.29, 1.82) is 0 Å². The highest BCUT2D eigenvalue weighted by Crippen LogP contribution is 2.39. The summed E-state index contributed by atoms with van der Waals surface area (Å²) in [6.07, 6.45) is 5.91. The van der Waals surface area contributed by atoms with Crippen LogP contribution in [-0.4, -0.2) is 18.6 Å². The zero-order valence-electron chi connectivity index (χ0n) is 13.3. The Morgan fingerprint density at radius 2 is 2.04 bits per heavy atom. The van der Waals surface area contributed by atoms with Gasteiger partial charge in [-0.2, -0.15) is 0 Å². The van der Waals surface area contributed by atoms with Gasteiger partial charge in [-0.3, -0.25) is 9.59 Å². The molecule has 1 aliphatic heterocycles. The molecule has 2 aromatic rings. The Balaban J connectivity index is 1.50. The Morgan fingerprint density at radius 1 is 1.20 bits per heavy atom. The number of ether oxygens (including phenoxy) is 2. The van der Waals surface area contributed by atoms with Crippen LogP contribution in [0.25, 0.3) is 6.08 Å². The van der Waals surface area contributed by atoms with Crippen molar-refractivity contribution in [3.05, 3.63) is 45.8 Å². The van der Waals surface area contributed by atoms with Crippen molar-refractivity contribution >= 4 is 34.2 Å². The molecule has 0 saturated heterocycles. The van der Waals surface area contributed by atoms with Crippen LogP contribution < -0.4 is 20.5 Å². The van der Waals surface area contributed by atoms with Crippen LogP contribution in [0.3, 0.4) is 0 Å². The fraction of sp³-hybridized carbons (Fsp3) is 0.222. The quantitative estimate of drug-likeness (QED) is 0.824. The van der Waals surface area contributed by atoms with E-state index in [1.165, 1.54) is 17.4 Å². The molecule has 0 saturated carbocycles. The average Bonchev–Trinajstić information content (AvgIpc) is 3.26. The summed E-state index contributed by atoms with van der Waals surface area (Å²) < 4.78 is 10.6. The van der Waals surface area contributed by atoms with Crippen LogP contribution >= 0.6 is 11.3 Å². The number of rotatable bonds is 4. The van der Waals surface area contributed by atoms with Gasteiger partial charge in [0.2, 0.25) is 12.7 Å². The molecule has 1 aliphatic carbocycles. The number of nitrogens with one attached hydrogen (secondary N) is 1. The lowest BCUT2D eigenvalue weighted by Crippen LogP contribution is -2.16. The first-order valence-electron chi connectivity index (χ1n) is 7.95. The second-order valence-corrected chi connectivity index (χ2v) is 6.97. The van der Waals surface area contributed by atoms with Crippen LogP contribution in [0.4, 0.5) is 5.00 Å². The highest BCUT2D eigenvalue weighted by atomic mass is 32.1. The predicted octanol–water partition coefficient (Wildman–Crippen LogP) is 2.72. The third kappa shape index (κ3) is 2.98. The normalized spacial score (nSPS) is 14.7. The van der Waals surface area contributed by atoms with Crippen molar-refractivity contribution in [2.45, 2.75) is 19.3 Å². The molecule has 0 atom stereocenters. The lowest BCUT2D eigenvalue weighted by molar-refractivity contribution is -0.111. The summed E-state index contributed by atoms with van der Waals surface area (Å²) in [7, 11) is 0. The van der Waals surface area contributed by atoms with Crippen molar-refractivity contribution < 1.29 is 19.1 Å². The van der Waals surface area contributed by atoms with E-state index in [9.17, 15) is 9.59 Å². The lowest BCUT2D eigenvalue weighted by atomic mass is 10.1. The second-order valence-electron chi connectivity index (χ2n) is 5.86. The van der Waals surface area contributed by atoms with Gasteiger partial charge in [-0.25, -0.2) is 0 Å². The minimum Gasteiger partial charge on any atom is -0.454 e. The Kier molecular flexibility index (Phi) is 3.93. The standard InChI is InChI=1S/C18H16N2O4S/c19-17(22)16-11-2-1-3-14(11)25-18(16)20-15(21)7-5-10-4-6-12-13(8-10)24-9-23-12/h4-8H,1-3,9H2,(H2,19,22)(H,20,21). The van der Waals surface area contributed by atoms with Gasteiger partial charge in [-0.15, -0.1) is 11.3 Å². The number of thiophene rings is 1. The topological polar surface area (TPSA) is 90.7 Å². The van der Waals surface area contributed by atoms with Crippen LogP contribution in [0, 0.1) is 0 Å². The maximum absolute atomic E-state index is 12.2. The van der Waals surface area contributed by atoms with Crippen LogP contribution in [0.5, 0.6) is 11.5 Å². The Hall–Kier alpha value is -2.80. The van der Waals surface area contributed by atoms with Gasteiger partial charge in [0.15, 0.2) is 11.5 Å². The molecule has 128 valence electrons. The molecule has 1 aromatic carbocycles. The molecular weight excluding hydrogens is 340 g/mol. The summed E-state index contributed by atoms with van der Waals surface area (Å²) in [5.41, 5.74) is 7.77. The van der Waals surface area contributed by atoms with Gasteiger partial charge in [0, 0.05) is 11.0 Å². The molecule has 0 unspecified atom stereocenters. The number of primary amides is 1. The number of hydrogen-bond donors (Lipinski definition) is 2. The van der Waals surface area contributed by atoms with Crippen LogP contribution in [0.2, 0.25) is 0 Å². The number of amides is 2. The molecule has 0 spiro atoms. The molecule has 0 radical (unpaired) electrons. The number of carbonyl (C=O) groups excluding carboxylic acids is 2. The largest absolute Gasteiger partial charge is 0.454 e. The first-order chi connectivity index (χ1) is 12.1. The Morgan fingerprint density at radius 3 is 2.88 bits per heavy atom. The summed E-state index contributed by atoms with van der Waals surface area (Å²) >= 11 is 1.44. The number of carbonyl (C=O) groups is 2. The van der Waals surface area contributed by atoms with Gasteiger partial charge < -0.3 is 20.5 Å². The first kappa shape index (κ1) is 15.7. The molecule has 0 bridgehead atoms. The van der Waals surface area contributed by atoms with E-state index in [0.717, 1.165) is 35.3 Å². The minimum atomic E-state index is -0.491. The monoisotopic (exact) mass is 356 g/mol. The highest BCUT2D eigenvalue weighted by molar-refractivity contribution is 7.17. The summed E-state index contributed by atoms with van der Waals surface area (Å²) in [6, 6.07) is 5.45. The predicted molar refractivity (Wildman–Crippen MR) is 95.1 cm³/mol. The van der Waals surface area contributed by atoms with E-state index < -0.39 is 5.91 Å². The Bertz CT molecular complexity index is 901. The maximum atomic E-state index is 12.2. The molecule has 2 aliphatic rings. The lowest BCUT2D eigenvalue weighted by Gasteiger charge is -2.03. The number of fused-ring (bicyclic) bond motifs is 2. The van der Waals surface area contributed by atoms with Gasteiger partial charge in [0.25, 0.3) is 5.91 Å². The fourth-order valence-electron chi connectivity index (χ4n) is 3.10. The van der Waals surface area contributed by atoms with E-state index in [4.69, 9.17) is 15.2 Å². The fourth-order valence-corrected chi connectivity index (χ4v) is 4.39. The molecule has 25 heavy (non-hydrogen) atoms. The number of nitrogens with two attached hydrogens (primary N) is 1. The number of anilines is 1. The van der Waals surface area contributed by atoms with Gasteiger partial charge in [0.05, 0.1) is 5.56 Å².